The lowest BCUT2D eigenvalue weighted by Crippen LogP contribution is -2.48. The molecule has 5 nitrogen and oxygen atoms in total. The molecule has 1 aliphatic carbocycles. The Morgan fingerprint density at radius 2 is 1.82 bits per heavy atom. The quantitative estimate of drug-likeness (QED) is 0.882. The van der Waals surface area contributed by atoms with E-state index < -0.39 is 17.4 Å². The topological polar surface area (TPSA) is 69.6 Å². The summed E-state index contributed by atoms with van der Waals surface area (Å²) in [5, 5.41) is 13.5. The van der Waals surface area contributed by atoms with Gasteiger partial charge in [-0.1, -0.05) is 29.3 Å². The second-order valence-corrected chi connectivity index (χ2v) is 6.36. The number of aliphatic hydroxyl groups is 1. The smallest absolute Gasteiger partial charge is 0.254 e. The monoisotopic (exact) mass is 344 g/mol. The molecular formula is C15H18Cl2N2O3. The van der Waals surface area contributed by atoms with Gasteiger partial charge in [-0.2, -0.15) is 0 Å². The molecule has 2 N–H and O–H groups in total. The van der Waals surface area contributed by atoms with Crippen LogP contribution in [0.2, 0.25) is 10.0 Å². The van der Waals surface area contributed by atoms with Gasteiger partial charge in [0, 0.05) is 7.05 Å². The Balaban J connectivity index is 1.98. The first-order valence-electron chi connectivity index (χ1n) is 7.05. The number of anilines is 1. The predicted octanol–water partition coefficient (Wildman–Crippen LogP) is 2.70. The lowest BCUT2D eigenvalue weighted by atomic mass is 10.0. The van der Waals surface area contributed by atoms with E-state index in [0.29, 0.717) is 28.6 Å². The fourth-order valence-electron chi connectivity index (χ4n) is 2.61. The number of carbonyl (C=O) groups excluding carboxylic acids is 2. The number of hydrogen-bond donors (Lipinski definition) is 2. The molecule has 1 saturated carbocycles. The molecule has 0 radical (unpaired) electrons. The predicted molar refractivity (Wildman–Crippen MR) is 86.1 cm³/mol. The summed E-state index contributed by atoms with van der Waals surface area (Å²) in [4.78, 5) is 25.5. The first-order chi connectivity index (χ1) is 10.3. The molecule has 2 rings (SSSR count). The van der Waals surface area contributed by atoms with Crippen molar-refractivity contribution in [1.82, 2.24) is 4.90 Å². The number of rotatable bonds is 4. The lowest BCUT2D eigenvalue weighted by Gasteiger charge is -2.27. The van der Waals surface area contributed by atoms with Crippen LogP contribution in [-0.2, 0) is 9.59 Å². The van der Waals surface area contributed by atoms with Crippen LogP contribution in [0.25, 0.3) is 0 Å². The van der Waals surface area contributed by atoms with Crippen molar-refractivity contribution >= 4 is 40.7 Å². The van der Waals surface area contributed by atoms with Crippen LogP contribution in [0.1, 0.15) is 25.7 Å². The number of para-hydroxylation sites is 1. The Morgan fingerprint density at radius 3 is 2.36 bits per heavy atom. The van der Waals surface area contributed by atoms with Gasteiger partial charge in [0.2, 0.25) is 5.91 Å². The van der Waals surface area contributed by atoms with Crippen molar-refractivity contribution in [3.05, 3.63) is 28.2 Å². The Kier molecular flexibility index (Phi) is 5.32. The number of halogens is 2. The van der Waals surface area contributed by atoms with E-state index >= 15 is 0 Å². The fourth-order valence-corrected chi connectivity index (χ4v) is 3.10. The molecule has 1 aliphatic rings. The minimum Gasteiger partial charge on any atom is -0.380 e. The Morgan fingerprint density at radius 1 is 1.27 bits per heavy atom. The van der Waals surface area contributed by atoms with Crippen molar-refractivity contribution in [2.75, 3.05) is 18.9 Å². The standard InChI is InChI=1S/C15H18Cl2N2O3/c1-19(14(21)15(22)7-2-3-8-15)9-12(20)18-13-10(16)5-4-6-11(13)17/h4-6,22H,2-3,7-9H2,1H3,(H,18,20). The molecule has 22 heavy (non-hydrogen) atoms. The van der Waals surface area contributed by atoms with Crippen LogP contribution < -0.4 is 5.32 Å². The Bertz CT molecular complexity index is 566. The lowest BCUT2D eigenvalue weighted by molar-refractivity contribution is -0.150. The van der Waals surface area contributed by atoms with E-state index in [9.17, 15) is 14.7 Å². The highest BCUT2D eigenvalue weighted by Crippen LogP contribution is 2.31. The third-order valence-electron chi connectivity index (χ3n) is 3.78. The van der Waals surface area contributed by atoms with Gasteiger partial charge < -0.3 is 15.3 Å². The molecule has 0 aliphatic heterocycles. The first-order valence-corrected chi connectivity index (χ1v) is 7.81. The summed E-state index contributed by atoms with van der Waals surface area (Å²) in [5.74, 6) is -0.849. The Hall–Kier alpha value is -1.30. The fraction of sp³-hybridized carbons (Fsp3) is 0.467. The van der Waals surface area contributed by atoms with Crippen LogP contribution in [0, 0.1) is 0 Å². The van der Waals surface area contributed by atoms with Crippen LogP contribution in [0.4, 0.5) is 5.69 Å². The van der Waals surface area contributed by atoms with Gasteiger partial charge in [0.1, 0.15) is 5.60 Å². The zero-order valence-corrected chi connectivity index (χ0v) is 13.7. The summed E-state index contributed by atoms with van der Waals surface area (Å²) in [6, 6.07) is 4.89. The second-order valence-electron chi connectivity index (χ2n) is 5.54. The average molecular weight is 345 g/mol. The van der Waals surface area contributed by atoms with Crippen LogP contribution in [-0.4, -0.2) is 41.0 Å². The van der Waals surface area contributed by atoms with E-state index in [4.69, 9.17) is 23.2 Å². The van der Waals surface area contributed by atoms with E-state index in [1.54, 1.807) is 18.2 Å². The van der Waals surface area contributed by atoms with Crippen molar-refractivity contribution in [3.63, 3.8) is 0 Å². The van der Waals surface area contributed by atoms with E-state index in [1.807, 2.05) is 0 Å². The number of benzene rings is 1. The van der Waals surface area contributed by atoms with E-state index in [0.717, 1.165) is 12.8 Å². The number of hydrogen-bond acceptors (Lipinski definition) is 3. The summed E-state index contributed by atoms with van der Waals surface area (Å²) in [7, 11) is 1.49. The maximum absolute atomic E-state index is 12.2. The number of carbonyl (C=O) groups is 2. The molecule has 0 bridgehead atoms. The highest BCUT2D eigenvalue weighted by atomic mass is 35.5. The van der Waals surface area contributed by atoms with Crippen molar-refractivity contribution in [2.45, 2.75) is 31.3 Å². The molecule has 120 valence electrons. The summed E-state index contributed by atoms with van der Waals surface area (Å²) in [5.41, 5.74) is -1.02. The van der Waals surface area contributed by atoms with Gasteiger partial charge in [-0.25, -0.2) is 0 Å². The molecule has 0 saturated heterocycles. The summed E-state index contributed by atoms with van der Waals surface area (Å²) in [6.07, 6.45) is 2.51. The minimum atomic E-state index is -1.34. The minimum absolute atomic E-state index is 0.178. The molecule has 1 aromatic rings. The van der Waals surface area contributed by atoms with Crippen LogP contribution in [0.5, 0.6) is 0 Å². The van der Waals surface area contributed by atoms with Gasteiger partial charge in [0.05, 0.1) is 22.3 Å². The van der Waals surface area contributed by atoms with E-state index in [1.165, 1.54) is 11.9 Å². The van der Waals surface area contributed by atoms with Crippen LogP contribution in [0.3, 0.4) is 0 Å². The van der Waals surface area contributed by atoms with Gasteiger partial charge in [-0.15, -0.1) is 0 Å². The molecule has 0 spiro atoms. The molecular weight excluding hydrogens is 327 g/mol. The SMILES string of the molecule is CN(CC(=O)Nc1c(Cl)cccc1Cl)C(=O)C1(O)CCCC1. The maximum Gasteiger partial charge on any atom is 0.254 e. The summed E-state index contributed by atoms with van der Waals surface area (Å²) in [6.45, 7) is -0.178. The second kappa shape index (κ2) is 6.86. The maximum atomic E-state index is 12.2. The molecule has 1 aromatic carbocycles. The zero-order chi connectivity index (χ0) is 16.3. The molecule has 2 amide bonds. The molecule has 1 fully saturated rings. The van der Waals surface area contributed by atoms with E-state index in [-0.39, 0.29) is 6.54 Å². The number of nitrogens with zero attached hydrogens (tertiary/aromatic N) is 1. The summed E-state index contributed by atoms with van der Waals surface area (Å²) >= 11 is 12.0. The van der Waals surface area contributed by atoms with E-state index in [2.05, 4.69) is 5.32 Å². The molecule has 0 aromatic heterocycles. The highest BCUT2D eigenvalue weighted by molar-refractivity contribution is 6.39. The van der Waals surface area contributed by atoms with Gasteiger partial charge in [0.15, 0.2) is 0 Å². The highest BCUT2D eigenvalue weighted by Gasteiger charge is 2.40. The van der Waals surface area contributed by atoms with Gasteiger partial charge in [-0.05, 0) is 37.8 Å². The number of likely N-dealkylation sites (N-methyl/N-ethyl adjacent to an activating group) is 1. The normalized spacial score (nSPS) is 16.4. The van der Waals surface area contributed by atoms with Crippen molar-refractivity contribution in [3.8, 4) is 0 Å². The average Bonchev–Trinajstić information content (AvgIpc) is 2.90. The van der Waals surface area contributed by atoms with Gasteiger partial charge in [-0.3, -0.25) is 9.59 Å². The van der Waals surface area contributed by atoms with Gasteiger partial charge in [0.25, 0.3) is 5.91 Å². The van der Waals surface area contributed by atoms with Crippen molar-refractivity contribution in [2.24, 2.45) is 0 Å². The van der Waals surface area contributed by atoms with Crippen LogP contribution >= 0.6 is 23.2 Å². The zero-order valence-electron chi connectivity index (χ0n) is 12.2. The summed E-state index contributed by atoms with van der Waals surface area (Å²) < 4.78 is 0. The largest absolute Gasteiger partial charge is 0.380 e. The first kappa shape index (κ1) is 17.1. The third-order valence-corrected chi connectivity index (χ3v) is 4.41. The van der Waals surface area contributed by atoms with Crippen molar-refractivity contribution < 1.29 is 14.7 Å². The van der Waals surface area contributed by atoms with Crippen LogP contribution in [0.15, 0.2) is 18.2 Å². The molecule has 0 atom stereocenters. The van der Waals surface area contributed by atoms with Crippen molar-refractivity contribution in [1.29, 1.82) is 0 Å². The molecule has 0 heterocycles. The third kappa shape index (κ3) is 3.72. The molecule has 0 unspecified atom stereocenters. The van der Waals surface area contributed by atoms with Gasteiger partial charge >= 0.3 is 0 Å². The number of amides is 2. The Labute approximate surface area is 139 Å². The molecule has 7 heteroatoms. The number of nitrogens with one attached hydrogen (secondary N) is 1.